The van der Waals surface area contributed by atoms with Crippen molar-refractivity contribution in [3.63, 3.8) is 0 Å². The molecule has 0 saturated heterocycles. The van der Waals surface area contributed by atoms with E-state index in [1.54, 1.807) is 6.08 Å². The van der Waals surface area contributed by atoms with E-state index in [2.05, 4.69) is 43.5 Å². The smallest absolute Gasteiger partial charge is 0.268 e. The number of aliphatic hydroxyl groups is 1. The van der Waals surface area contributed by atoms with Crippen molar-refractivity contribution in [2.24, 2.45) is 0 Å². The average molecular weight is 769 g/mol. The number of hydrogen-bond acceptors (Lipinski definition) is 6. The third-order valence-corrected chi connectivity index (χ3v) is 10.5. The van der Waals surface area contributed by atoms with Crippen LogP contribution in [0.1, 0.15) is 187 Å². The minimum atomic E-state index is -4.59. The van der Waals surface area contributed by atoms with Gasteiger partial charge in [-0.15, -0.1) is 0 Å². The molecule has 0 aromatic carbocycles. The van der Waals surface area contributed by atoms with Crippen LogP contribution in [0.25, 0.3) is 0 Å². The van der Waals surface area contributed by atoms with Gasteiger partial charge in [-0.3, -0.25) is 9.36 Å². The van der Waals surface area contributed by atoms with Crippen LogP contribution in [0.2, 0.25) is 0 Å². The van der Waals surface area contributed by atoms with Gasteiger partial charge in [0.1, 0.15) is 13.2 Å². The van der Waals surface area contributed by atoms with Crippen molar-refractivity contribution < 1.29 is 32.9 Å². The lowest BCUT2D eigenvalue weighted by molar-refractivity contribution is -0.870. The Bertz CT molecular complexity index is 964. The summed E-state index contributed by atoms with van der Waals surface area (Å²) in [6, 6.07) is -0.904. The molecule has 1 amide bonds. The van der Waals surface area contributed by atoms with Crippen molar-refractivity contribution in [2.45, 2.75) is 199 Å². The topological polar surface area (TPSA) is 108 Å². The Hall–Kier alpha value is -1.28. The molecule has 0 radical (unpaired) electrons. The number of carbonyl (C=O) groups is 1. The second-order valence-electron chi connectivity index (χ2n) is 16.0. The molecule has 0 aromatic heterocycles. The molecule has 0 spiro atoms. The number of nitrogens with one attached hydrogen (secondary N) is 1. The number of rotatable bonds is 39. The monoisotopic (exact) mass is 769 g/mol. The van der Waals surface area contributed by atoms with Crippen LogP contribution in [-0.2, 0) is 18.4 Å². The van der Waals surface area contributed by atoms with Crippen molar-refractivity contribution in [3.05, 3.63) is 36.5 Å². The highest BCUT2D eigenvalue weighted by Crippen LogP contribution is 2.38. The first kappa shape index (κ1) is 51.7. The molecular weight excluding hydrogens is 683 g/mol. The van der Waals surface area contributed by atoms with Gasteiger partial charge in [0.15, 0.2) is 0 Å². The Labute approximate surface area is 327 Å². The number of amides is 1. The van der Waals surface area contributed by atoms with Gasteiger partial charge < -0.3 is 28.8 Å². The molecule has 0 rings (SSSR count). The summed E-state index contributed by atoms with van der Waals surface area (Å²) in [5.41, 5.74) is 0. The Kier molecular flexibility index (Phi) is 35.5. The first-order chi connectivity index (χ1) is 25.5. The van der Waals surface area contributed by atoms with Gasteiger partial charge >= 0.3 is 0 Å². The maximum atomic E-state index is 12.8. The summed E-state index contributed by atoms with van der Waals surface area (Å²) < 4.78 is 23.1. The number of quaternary nitrogens is 1. The minimum Gasteiger partial charge on any atom is -0.756 e. The number of nitrogens with zero attached hydrogens (tertiary/aromatic N) is 1. The molecule has 9 heteroatoms. The van der Waals surface area contributed by atoms with Gasteiger partial charge in [-0.2, -0.15) is 0 Å². The Morgan fingerprint density at radius 1 is 0.642 bits per heavy atom. The van der Waals surface area contributed by atoms with Crippen molar-refractivity contribution >= 4 is 13.7 Å². The lowest BCUT2D eigenvalue weighted by Crippen LogP contribution is -2.45. The number of unbranched alkanes of at least 4 members (excludes halogenated alkanes) is 22. The molecule has 0 saturated carbocycles. The zero-order chi connectivity index (χ0) is 39.3. The average Bonchev–Trinajstić information content (AvgIpc) is 3.10. The van der Waals surface area contributed by atoms with Crippen molar-refractivity contribution in [1.82, 2.24) is 5.32 Å². The molecule has 0 fully saturated rings. The first-order valence-corrected chi connectivity index (χ1v) is 23.3. The fourth-order valence-electron chi connectivity index (χ4n) is 6.04. The second kappa shape index (κ2) is 36.4. The third-order valence-electron chi connectivity index (χ3n) is 9.57. The highest BCUT2D eigenvalue weighted by molar-refractivity contribution is 7.45. The van der Waals surface area contributed by atoms with E-state index in [-0.39, 0.29) is 12.5 Å². The molecular formula is C44H85N2O6P. The number of phosphoric acid groups is 1. The van der Waals surface area contributed by atoms with E-state index >= 15 is 0 Å². The molecule has 0 aliphatic heterocycles. The summed E-state index contributed by atoms with van der Waals surface area (Å²) in [6.45, 7) is 4.60. The Morgan fingerprint density at radius 3 is 1.53 bits per heavy atom. The predicted molar refractivity (Wildman–Crippen MR) is 224 cm³/mol. The Balaban J connectivity index is 4.46. The SMILES string of the molecule is CCCCCCCCC/C=C/CC/C=C/C(O)C(COP(=O)([O-])OCC[N+](C)(C)C)NC(=O)CCCCCCC/C=C\CCCCCCCCCCC. The van der Waals surface area contributed by atoms with E-state index < -0.39 is 26.6 Å². The molecule has 3 atom stereocenters. The van der Waals surface area contributed by atoms with Crippen LogP contribution < -0.4 is 10.2 Å². The molecule has 2 N–H and O–H groups in total. The van der Waals surface area contributed by atoms with Crippen LogP contribution >= 0.6 is 7.82 Å². The van der Waals surface area contributed by atoms with Gasteiger partial charge in [0, 0.05) is 6.42 Å². The number of phosphoric ester groups is 1. The van der Waals surface area contributed by atoms with Crippen LogP contribution in [0.15, 0.2) is 36.5 Å². The van der Waals surface area contributed by atoms with E-state index in [0.29, 0.717) is 17.4 Å². The first-order valence-electron chi connectivity index (χ1n) is 21.9. The van der Waals surface area contributed by atoms with E-state index in [1.807, 2.05) is 27.2 Å². The lowest BCUT2D eigenvalue weighted by atomic mass is 10.1. The molecule has 0 aliphatic rings. The molecule has 0 aromatic rings. The van der Waals surface area contributed by atoms with Crippen LogP contribution in [0.4, 0.5) is 0 Å². The van der Waals surface area contributed by atoms with Gasteiger partial charge in [-0.25, -0.2) is 0 Å². The maximum Gasteiger partial charge on any atom is 0.268 e. The second-order valence-corrected chi connectivity index (χ2v) is 17.4. The van der Waals surface area contributed by atoms with Crippen molar-refractivity contribution in [1.29, 1.82) is 0 Å². The van der Waals surface area contributed by atoms with Crippen molar-refractivity contribution in [3.8, 4) is 0 Å². The van der Waals surface area contributed by atoms with Gasteiger partial charge in [0.05, 0.1) is 39.9 Å². The zero-order valence-electron chi connectivity index (χ0n) is 35.2. The molecule has 0 aliphatic carbocycles. The predicted octanol–water partition coefficient (Wildman–Crippen LogP) is 11.3. The van der Waals surface area contributed by atoms with Gasteiger partial charge in [-0.05, 0) is 57.8 Å². The van der Waals surface area contributed by atoms with Crippen LogP contribution in [0.5, 0.6) is 0 Å². The molecule has 312 valence electrons. The number of hydrogen-bond donors (Lipinski definition) is 2. The fourth-order valence-corrected chi connectivity index (χ4v) is 6.77. The minimum absolute atomic E-state index is 0.00805. The summed E-state index contributed by atoms with van der Waals surface area (Å²) >= 11 is 0. The standard InChI is InChI=1S/C44H85N2O6P/c1-6-8-10-12-14-16-18-20-21-22-23-24-26-28-30-32-34-36-38-44(48)45-42(41-52-53(49,50)51-40-39-46(3,4)5)43(47)37-35-33-31-29-27-25-19-17-15-13-11-9-7-2/h23-24,27,29,35,37,42-43,47H,6-22,25-26,28,30-34,36,38-41H2,1-5H3,(H-,45,48,49,50)/b24-23-,29-27+,37-35+. The van der Waals surface area contributed by atoms with Crippen LogP contribution in [0.3, 0.4) is 0 Å². The summed E-state index contributed by atoms with van der Waals surface area (Å²) in [5.74, 6) is -0.217. The molecule has 0 bridgehead atoms. The van der Waals surface area contributed by atoms with E-state index in [0.717, 1.165) is 51.4 Å². The Morgan fingerprint density at radius 2 is 1.06 bits per heavy atom. The van der Waals surface area contributed by atoms with E-state index in [1.165, 1.54) is 116 Å². The fraction of sp³-hybridized carbons (Fsp3) is 0.841. The highest BCUT2D eigenvalue weighted by atomic mass is 31.2. The van der Waals surface area contributed by atoms with Crippen LogP contribution in [0, 0.1) is 0 Å². The number of aliphatic hydroxyl groups excluding tert-OH is 1. The normalized spacial score (nSPS) is 14.8. The van der Waals surface area contributed by atoms with Gasteiger partial charge in [0.25, 0.3) is 7.82 Å². The van der Waals surface area contributed by atoms with Gasteiger partial charge in [0.2, 0.25) is 5.91 Å². The summed E-state index contributed by atoms with van der Waals surface area (Å²) in [5, 5.41) is 13.7. The van der Waals surface area contributed by atoms with E-state index in [9.17, 15) is 19.4 Å². The van der Waals surface area contributed by atoms with Crippen molar-refractivity contribution in [2.75, 3.05) is 40.9 Å². The quantitative estimate of drug-likeness (QED) is 0.0279. The van der Waals surface area contributed by atoms with Crippen LogP contribution in [-0.4, -0.2) is 68.5 Å². The number of likely N-dealkylation sites (N-methyl/N-ethyl adjacent to an activating group) is 1. The lowest BCUT2D eigenvalue weighted by Gasteiger charge is -2.29. The zero-order valence-corrected chi connectivity index (χ0v) is 36.1. The maximum absolute atomic E-state index is 12.8. The molecule has 3 unspecified atom stereocenters. The molecule has 8 nitrogen and oxygen atoms in total. The number of carbonyl (C=O) groups excluding carboxylic acids is 1. The van der Waals surface area contributed by atoms with E-state index in [4.69, 9.17) is 9.05 Å². The third kappa shape index (κ3) is 38.8. The summed E-state index contributed by atoms with van der Waals surface area (Å²) in [4.78, 5) is 25.2. The van der Waals surface area contributed by atoms with Gasteiger partial charge in [-0.1, -0.05) is 159 Å². The summed E-state index contributed by atoms with van der Waals surface area (Å²) in [7, 11) is 1.24. The molecule has 0 heterocycles. The largest absolute Gasteiger partial charge is 0.756 e. The number of allylic oxidation sites excluding steroid dienone is 5. The summed E-state index contributed by atoms with van der Waals surface area (Å²) in [6.07, 6.45) is 43.3. The molecule has 53 heavy (non-hydrogen) atoms. The highest BCUT2D eigenvalue weighted by Gasteiger charge is 2.23.